The molecular weight excluding hydrogens is 208 g/mol. The third kappa shape index (κ3) is 1.56. The van der Waals surface area contributed by atoms with Gasteiger partial charge in [0.15, 0.2) is 11.5 Å². The average molecular weight is 218 g/mol. The van der Waals surface area contributed by atoms with Gasteiger partial charge < -0.3 is 19.6 Å². The maximum absolute atomic E-state index is 5.40. The number of nitrogen functional groups attached to an aromatic ring is 1. The zero-order valence-electron chi connectivity index (χ0n) is 8.47. The van der Waals surface area contributed by atoms with Crippen LogP contribution in [-0.2, 0) is 6.42 Å². The molecule has 0 atom stereocenters. The Balaban J connectivity index is 1.85. The van der Waals surface area contributed by atoms with Gasteiger partial charge in [0.05, 0.1) is 5.69 Å². The van der Waals surface area contributed by atoms with Gasteiger partial charge in [-0.25, -0.2) is 0 Å². The summed E-state index contributed by atoms with van der Waals surface area (Å²) in [5.74, 6) is 1.55. The fraction of sp³-hybridized carbons (Fsp3) is 0.182. The standard InChI is InChI=1S/C11H10N2O3/c12-11-13-8(5-14-11)3-7-1-2-9-10(4-7)16-6-15-9/h1-2,4-5H,3,6H2,(H2,12,13). The second-order valence-corrected chi connectivity index (χ2v) is 3.54. The highest BCUT2D eigenvalue weighted by molar-refractivity contribution is 5.45. The molecule has 2 heterocycles. The Morgan fingerprint density at radius 1 is 1.25 bits per heavy atom. The molecule has 0 saturated carbocycles. The summed E-state index contributed by atoms with van der Waals surface area (Å²) in [6, 6.07) is 5.99. The summed E-state index contributed by atoms with van der Waals surface area (Å²) in [6.07, 6.45) is 2.22. The number of nitrogens with two attached hydrogens (primary N) is 1. The molecule has 2 aromatic rings. The molecule has 0 bridgehead atoms. The van der Waals surface area contributed by atoms with Crippen LogP contribution in [0, 0.1) is 0 Å². The van der Waals surface area contributed by atoms with Crippen LogP contribution < -0.4 is 15.2 Å². The van der Waals surface area contributed by atoms with Gasteiger partial charge in [0, 0.05) is 6.42 Å². The van der Waals surface area contributed by atoms with Crippen LogP contribution in [-0.4, -0.2) is 11.8 Å². The van der Waals surface area contributed by atoms with E-state index in [1.807, 2.05) is 18.2 Å². The number of benzene rings is 1. The minimum Gasteiger partial charge on any atom is -0.454 e. The molecule has 1 aromatic heterocycles. The number of oxazole rings is 1. The third-order valence-electron chi connectivity index (χ3n) is 2.39. The van der Waals surface area contributed by atoms with Crippen LogP contribution in [0.1, 0.15) is 11.3 Å². The van der Waals surface area contributed by atoms with Crippen molar-refractivity contribution in [3.63, 3.8) is 0 Å². The van der Waals surface area contributed by atoms with E-state index < -0.39 is 0 Å². The molecule has 3 rings (SSSR count). The number of ether oxygens (including phenoxy) is 2. The van der Waals surface area contributed by atoms with Gasteiger partial charge >= 0.3 is 0 Å². The molecule has 1 aliphatic rings. The van der Waals surface area contributed by atoms with E-state index in [9.17, 15) is 0 Å². The first kappa shape index (κ1) is 9.08. The normalized spacial score (nSPS) is 13.0. The number of fused-ring (bicyclic) bond motifs is 1. The minimum absolute atomic E-state index is 0.191. The van der Waals surface area contributed by atoms with Crippen molar-refractivity contribution in [1.29, 1.82) is 0 Å². The number of aromatic nitrogens is 1. The lowest BCUT2D eigenvalue weighted by Gasteiger charge is -2.00. The van der Waals surface area contributed by atoms with E-state index in [0.29, 0.717) is 6.42 Å². The van der Waals surface area contributed by atoms with Crippen molar-refractivity contribution in [2.75, 3.05) is 12.5 Å². The first-order chi connectivity index (χ1) is 7.81. The molecule has 0 radical (unpaired) electrons. The third-order valence-corrected chi connectivity index (χ3v) is 2.39. The van der Waals surface area contributed by atoms with Gasteiger partial charge in [-0.2, -0.15) is 4.98 Å². The molecular formula is C11H10N2O3. The molecule has 5 nitrogen and oxygen atoms in total. The van der Waals surface area contributed by atoms with Crippen molar-refractivity contribution < 1.29 is 13.9 Å². The molecule has 0 unspecified atom stereocenters. The monoisotopic (exact) mass is 218 g/mol. The Hall–Kier alpha value is -2.17. The van der Waals surface area contributed by atoms with Crippen LogP contribution in [0.25, 0.3) is 0 Å². The largest absolute Gasteiger partial charge is 0.454 e. The molecule has 2 N–H and O–H groups in total. The van der Waals surface area contributed by atoms with Crippen LogP contribution in [0.15, 0.2) is 28.9 Å². The van der Waals surface area contributed by atoms with Crippen LogP contribution in [0.5, 0.6) is 11.5 Å². The lowest BCUT2D eigenvalue weighted by Crippen LogP contribution is -1.93. The average Bonchev–Trinajstić information content (AvgIpc) is 2.87. The number of anilines is 1. The molecule has 0 amide bonds. The van der Waals surface area contributed by atoms with E-state index >= 15 is 0 Å². The van der Waals surface area contributed by atoms with Crippen LogP contribution in [0.4, 0.5) is 6.01 Å². The molecule has 1 aliphatic heterocycles. The Labute approximate surface area is 91.8 Å². The lowest BCUT2D eigenvalue weighted by atomic mass is 10.1. The molecule has 0 spiro atoms. The van der Waals surface area contributed by atoms with Crippen LogP contribution in [0.2, 0.25) is 0 Å². The van der Waals surface area contributed by atoms with Crippen LogP contribution in [0.3, 0.4) is 0 Å². The molecule has 82 valence electrons. The number of hydrogen-bond donors (Lipinski definition) is 1. The fourth-order valence-electron chi connectivity index (χ4n) is 1.66. The van der Waals surface area contributed by atoms with Gasteiger partial charge in [0.2, 0.25) is 6.79 Å². The molecule has 0 fully saturated rings. The molecule has 5 heteroatoms. The highest BCUT2D eigenvalue weighted by Gasteiger charge is 2.13. The highest BCUT2D eigenvalue weighted by atomic mass is 16.7. The second-order valence-electron chi connectivity index (χ2n) is 3.54. The minimum atomic E-state index is 0.191. The Bertz CT molecular complexity index is 522. The van der Waals surface area contributed by atoms with Gasteiger partial charge in [0.25, 0.3) is 6.01 Å². The van der Waals surface area contributed by atoms with Crippen molar-refractivity contribution in [2.24, 2.45) is 0 Å². The van der Waals surface area contributed by atoms with Gasteiger partial charge in [-0.1, -0.05) is 6.07 Å². The lowest BCUT2D eigenvalue weighted by molar-refractivity contribution is 0.174. The van der Waals surface area contributed by atoms with E-state index in [0.717, 1.165) is 22.8 Å². The van der Waals surface area contributed by atoms with Gasteiger partial charge in [-0.05, 0) is 17.7 Å². The number of rotatable bonds is 2. The summed E-state index contributed by atoms with van der Waals surface area (Å²) in [7, 11) is 0. The maximum Gasteiger partial charge on any atom is 0.292 e. The summed E-state index contributed by atoms with van der Waals surface area (Å²) < 4.78 is 15.5. The second kappa shape index (κ2) is 3.44. The van der Waals surface area contributed by atoms with E-state index in [1.54, 1.807) is 6.26 Å². The SMILES string of the molecule is Nc1nc(Cc2ccc3c(c2)OCO3)co1. The van der Waals surface area contributed by atoms with Gasteiger partial charge in [-0.15, -0.1) is 0 Å². The number of hydrogen-bond acceptors (Lipinski definition) is 5. The predicted molar refractivity (Wildman–Crippen MR) is 56.3 cm³/mol. The van der Waals surface area contributed by atoms with Crippen molar-refractivity contribution in [2.45, 2.75) is 6.42 Å². The summed E-state index contributed by atoms with van der Waals surface area (Å²) in [6.45, 7) is 0.287. The zero-order valence-corrected chi connectivity index (χ0v) is 8.47. The summed E-state index contributed by atoms with van der Waals surface area (Å²) in [4.78, 5) is 4.04. The highest BCUT2D eigenvalue weighted by Crippen LogP contribution is 2.32. The van der Waals surface area contributed by atoms with Crippen LogP contribution >= 0.6 is 0 Å². The van der Waals surface area contributed by atoms with Crippen molar-refractivity contribution in [3.05, 3.63) is 35.7 Å². The van der Waals surface area contributed by atoms with Crippen molar-refractivity contribution >= 4 is 6.01 Å². The Morgan fingerprint density at radius 2 is 2.12 bits per heavy atom. The summed E-state index contributed by atoms with van der Waals surface area (Å²) in [5.41, 5.74) is 7.28. The van der Waals surface area contributed by atoms with Gasteiger partial charge in [0.1, 0.15) is 6.26 Å². The zero-order chi connectivity index (χ0) is 11.0. The van der Waals surface area contributed by atoms with E-state index in [4.69, 9.17) is 19.6 Å². The van der Waals surface area contributed by atoms with E-state index in [2.05, 4.69) is 4.98 Å². The topological polar surface area (TPSA) is 70.5 Å². The number of nitrogens with zero attached hydrogens (tertiary/aromatic N) is 1. The molecule has 16 heavy (non-hydrogen) atoms. The smallest absolute Gasteiger partial charge is 0.292 e. The Kier molecular flexibility index (Phi) is 1.96. The Morgan fingerprint density at radius 3 is 2.94 bits per heavy atom. The van der Waals surface area contributed by atoms with Gasteiger partial charge in [-0.3, -0.25) is 0 Å². The predicted octanol–water partition coefficient (Wildman–Crippen LogP) is 1.58. The maximum atomic E-state index is 5.40. The first-order valence-corrected chi connectivity index (χ1v) is 4.90. The quantitative estimate of drug-likeness (QED) is 0.828. The van der Waals surface area contributed by atoms with E-state index in [-0.39, 0.29) is 12.8 Å². The van der Waals surface area contributed by atoms with Crippen molar-refractivity contribution in [1.82, 2.24) is 4.98 Å². The molecule has 0 aliphatic carbocycles. The fourth-order valence-corrected chi connectivity index (χ4v) is 1.66. The summed E-state index contributed by atoms with van der Waals surface area (Å²) >= 11 is 0. The molecule has 0 saturated heterocycles. The van der Waals surface area contributed by atoms with Crippen molar-refractivity contribution in [3.8, 4) is 11.5 Å². The molecule has 1 aromatic carbocycles. The van der Waals surface area contributed by atoms with E-state index in [1.165, 1.54) is 0 Å². The first-order valence-electron chi connectivity index (χ1n) is 4.90. The summed E-state index contributed by atoms with van der Waals surface area (Å²) in [5, 5.41) is 0.